The van der Waals surface area contributed by atoms with E-state index >= 15 is 0 Å². The van der Waals surface area contributed by atoms with Gasteiger partial charge in [-0.3, -0.25) is 20.2 Å². The Balaban J connectivity index is 2.03. The predicted molar refractivity (Wildman–Crippen MR) is 122 cm³/mol. The van der Waals surface area contributed by atoms with Crippen LogP contribution in [0.4, 0.5) is 11.4 Å². The van der Waals surface area contributed by atoms with E-state index in [1.165, 1.54) is 25.3 Å². The molecule has 0 aromatic heterocycles. The van der Waals surface area contributed by atoms with Crippen LogP contribution in [0.25, 0.3) is 0 Å². The summed E-state index contributed by atoms with van der Waals surface area (Å²) in [5.74, 6) is 0.719. The first kappa shape index (κ1) is 23.6. The normalized spacial score (nSPS) is 10.5. The fourth-order valence-electron chi connectivity index (χ4n) is 2.61. The van der Waals surface area contributed by atoms with Gasteiger partial charge in [-0.25, -0.2) is 0 Å². The van der Waals surface area contributed by atoms with Crippen molar-refractivity contribution in [1.82, 2.24) is 5.32 Å². The number of nitrogens with zero attached hydrogens (tertiary/aromatic N) is 1. The molecule has 2 aromatic rings. The number of nitrogens with one attached hydrogen (secondary N) is 2. The number of halogens is 1. The number of amides is 1. The number of aryl methyl sites for hydroxylation is 1. The Bertz CT molecular complexity index is 981. The van der Waals surface area contributed by atoms with Crippen LogP contribution in [0.15, 0.2) is 34.8 Å². The number of ether oxygens (including phenoxy) is 2. The van der Waals surface area contributed by atoms with Crippen LogP contribution in [0.5, 0.6) is 11.5 Å². The molecule has 2 aromatic carbocycles. The lowest BCUT2D eigenvalue weighted by molar-refractivity contribution is -0.384. The van der Waals surface area contributed by atoms with Gasteiger partial charge in [0.25, 0.3) is 11.6 Å². The Kier molecular flexibility index (Phi) is 8.13. The van der Waals surface area contributed by atoms with Crippen molar-refractivity contribution in [1.29, 1.82) is 0 Å². The van der Waals surface area contributed by atoms with Gasteiger partial charge in [0.2, 0.25) is 0 Å². The third-order valence-corrected chi connectivity index (χ3v) is 5.23. The monoisotopic (exact) mass is 495 g/mol. The number of rotatable bonds is 7. The molecule has 0 saturated heterocycles. The van der Waals surface area contributed by atoms with Gasteiger partial charge >= 0.3 is 0 Å². The van der Waals surface area contributed by atoms with Gasteiger partial charge in [-0.2, -0.15) is 0 Å². The summed E-state index contributed by atoms with van der Waals surface area (Å²) in [5.41, 5.74) is 2.10. The van der Waals surface area contributed by atoms with Gasteiger partial charge in [-0.05, 0) is 54.4 Å². The van der Waals surface area contributed by atoms with Gasteiger partial charge in [0.1, 0.15) is 11.5 Å². The van der Waals surface area contributed by atoms with Crippen molar-refractivity contribution in [2.75, 3.05) is 19.0 Å². The standard InChI is InChI=1S/C20H22BrN3O5S/c1-11(2)14-9-15(21)12(3)7-18(14)29-10-19(25)23-20(30)22-16-8-13(24(26)27)5-6-17(16)28-4/h5-9,11H,10H2,1-4H3,(H2,22,23,25,30). The van der Waals surface area contributed by atoms with Crippen molar-refractivity contribution in [2.24, 2.45) is 0 Å². The largest absolute Gasteiger partial charge is 0.495 e. The first-order chi connectivity index (χ1) is 14.1. The number of nitro benzene ring substituents is 1. The molecule has 10 heteroatoms. The molecule has 0 aliphatic heterocycles. The summed E-state index contributed by atoms with van der Waals surface area (Å²) < 4.78 is 11.8. The van der Waals surface area contributed by atoms with Crippen molar-refractivity contribution in [2.45, 2.75) is 26.7 Å². The number of hydrogen-bond acceptors (Lipinski definition) is 6. The zero-order valence-corrected chi connectivity index (χ0v) is 19.3. The van der Waals surface area contributed by atoms with E-state index in [-0.39, 0.29) is 29.0 Å². The molecule has 0 aliphatic carbocycles. The molecular weight excluding hydrogens is 474 g/mol. The number of non-ortho nitro benzene ring substituents is 1. The maximum atomic E-state index is 12.3. The van der Waals surface area contributed by atoms with E-state index in [0.29, 0.717) is 11.5 Å². The SMILES string of the molecule is COc1ccc([N+](=O)[O-])cc1NC(=S)NC(=O)COc1cc(C)c(Br)cc1C(C)C. The van der Waals surface area contributed by atoms with Gasteiger partial charge in [-0.1, -0.05) is 29.8 Å². The highest BCUT2D eigenvalue weighted by molar-refractivity contribution is 9.10. The second kappa shape index (κ2) is 10.4. The molecule has 0 bridgehead atoms. The minimum atomic E-state index is -0.535. The van der Waals surface area contributed by atoms with Crippen LogP contribution in [0.3, 0.4) is 0 Å². The molecule has 2 N–H and O–H groups in total. The predicted octanol–water partition coefficient (Wildman–Crippen LogP) is 4.69. The zero-order valence-electron chi connectivity index (χ0n) is 16.9. The lowest BCUT2D eigenvalue weighted by Crippen LogP contribution is -2.37. The highest BCUT2D eigenvalue weighted by Gasteiger charge is 2.15. The number of nitro groups is 1. The van der Waals surface area contributed by atoms with Crippen molar-refractivity contribution in [3.8, 4) is 11.5 Å². The van der Waals surface area contributed by atoms with E-state index in [0.717, 1.165) is 15.6 Å². The number of thiocarbonyl (C=S) groups is 1. The number of hydrogen-bond donors (Lipinski definition) is 2. The average molecular weight is 496 g/mol. The summed E-state index contributed by atoms with van der Waals surface area (Å²) in [6, 6.07) is 7.88. The topological polar surface area (TPSA) is 103 Å². The van der Waals surface area contributed by atoms with E-state index < -0.39 is 10.8 Å². The number of methoxy groups -OCH3 is 1. The van der Waals surface area contributed by atoms with Crippen LogP contribution in [0.2, 0.25) is 0 Å². The van der Waals surface area contributed by atoms with E-state index in [2.05, 4.69) is 26.6 Å². The average Bonchev–Trinajstić information content (AvgIpc) is 2.68. The van der Waals surface area contributed by atoms with Gasteiger partial charge < -0.3 is 14.8 Å². The number of carbonyl (C=O) groups is 1. The molecule has 0 heterocycles. The minimum Gasteiger partial charge on any atom is -0.495 e. The van der Waals surface area contributed by atoms with Crippen molar-refractivity contribution >= 4 is 50.5 Å². The summed E-state index contributed by atoms with van der Waals surface area (Å²) in [6.45, 7) is 5.77. The Morgan fingerprint density at radius 1 is 1.27 bits per heavy atom. The molecule has 0 fully saturated rings. The molecule has 0 unspecified atom stereocenters. The number of carbonyl (C=O) groups excluding carboxylic acids is 1. The van der Waals surface area contributed by atoms with E-state index in [9.17, 15) is 14.9 Å². The van der Waals surface area contributed by atoms with Crippen molar-refractivity contribution < 1.29 is 19.2 Å². The van der Waals surface area contributed by atoms with Crippen molar-refractivity contribution in [3.63, 3.8) is 0 Å². The fourth-order valence-corrected chi connectivity index (χ4v) is 3.20. The van der Waals surface area contributed by atoms with Gasteiger partial charge in [0.05, 0.1) is 17.7 Å². The van der Waals surface area contributed by atoms with Crippen LogP contribution in [0.1, 0.15) is 30.9 Å². The zero-order chi connectivity index (χ0) is 22.4. The molecule has 0 radical (unpaired) electrons. The van der Waals surface area contributed by atoms with Crippen LogP contribution < -0.4 is 20.1 Å². The van der Waals surface area contributed by atoms with E-state index in [1.807, 2.05) is 32.9 Å². The molecule has 8 nitrogen and oxygen atoms in total. The Morgan fingerprint density at radius 2 is 1.97 bits per heavy atom. The van der Waals surface area contributed by atoms with Crippen LogP contribution >= 0.6 is 28.1 Å². The minimum absolute atomic E-state index is 0.0292. The molecule has 2 rings (SSSR count). The highest BCUT2D eigenvalue weighted by atomic mass is 79.9. The maximum absolute atomic E-state index is 12.3. The van der Waals surface area contributed by atoms with E-state index in [4.69, 9.17) is 21.7 Å². The Morgan fingerprint density at radius 3 is 2.57 bits per heavy atom. The quantitative estimate of drug-likeness (QED) is 0.326. The fraction of sp³-hybridized carbons (Fsp3) is 0.300. The van der Waals surface area contributed by atoms with Crippen molar-refractivity contribution in [3.05, 3.63) is 56.0 Å². The van der Waals surface area contributed by atoms with Crippen LogP contribution in [-0.2, 0) is 4.79 Å². The first-order valence-corrected chi connectivity index (χ1v) is 10.2. The lowest BCUT2D eigenvalue weighted by atomic mass is 10.0. The summed E-state index contributed by atoms with van der Waals surface area (Å²) in [4.78, 5) is 22.7. The second-order valence-corrected chi connectivity index (χ2v) is 7.99. The molecule has 0 aliphatic rings. The molecule has 0 saturated carbocycles. The van der Waals surface area contributed by atoms with Gasteiger partial charge in [0, 0.05) is 16.6 Å². The molecule has 1 amide bonds. The second-order valence-electron chi connectivity index (χ2n) is 6.73. The molecule has 0 spiro atoms. The summed E-state index contributed by atoms with van der Waals surface area (Å²) in [7, 11) is 1.42. The summed E-state index contributed by atoms with van der Waals surface area (Å²) in [6.07, 6.45) is 0. The van der Waals surface area contributed by atoms with Gasteiger partial charge in [0.15, 0.2) is 11.7 Å². The Hall–Kier alpha value is -2.72. The van der Waals surface area contributed by atoms with E-state index in [1.54, 1.807) is 0 Å². The van der Waals surface area contributed by atoms with Crippen LogP contribution in [-0.4, -0.2) is 29.7 Å². The third-order valence-electron chi connectivity index (χ3n) is 4.17. The molecule has 0 atom stereocenters. The maximum Gasteiger partial charge on any atom is 0.271 e. The molecule has 160 valence electrons. The summed E-state index contributed by atoms with van der Waals surface area (Å²) >= 11 is 8.64. The Labute approximate surface area is 188 Å². The smallest absolute Gasteiger partial charge is 0.271 e. The first-order valence-electron chi connectivity index (χ1n) is 8.98. The van der Waals surface area contributed by atoms with Crippen LogP contribution in [0, 0.1) is 17.0 Å². The molecular formula is C20H22BrN3O5S. The molecule has 30 heavy (non-hydrogen) atoms. The third kappa shape index (κ3) is 6.14. The number of anilines is 1. The van der Waals surface area contributed by atoms with Gasteiger partial charge in [-0.15, -0.1) is 0 Å². The summed E-state index contributed by atoms with van der Waals surface area (Å²) in [5, 5.41) is 16.2. The highest BCUT2D eigenvalue weighted by Crippen LogP contribution is 2.32. The number of benzene rings is 2. The lowest BCUT2D eigenvalue weighted by Gasteiger charge is -2.16.